The molecule has 3 aliphatic rings. The molecule has 0 unspecified atom stereocenters. The molecule has 1 aromatic heterocycles. The lowest BCUT2D eigenvalue weighted by molar-refractivity contribution is -0.280. The molecule has 2 fully saturated rings. The number of nitrogens with zero attached hydrogens (tertiary/aromatic N) is 3. The summed E-state index contributed by atoms with van der Waals surface area (Å²) in [4.78, 5) is 34.2. The molecule has 1 aliphatic carbocycles. The van der Waals surface area contributed by atoms with Crippen LogP contribution in [0.5, 0.6) is 0 Å². The number of hydrogen-bond acceptors (Lipinski definition) is 9. The van der Waals surface area contributed by atoms with Gasteiger partial charge in [-0.2, -0.15) is 0 Å². The number of carbonyl (C=O) groups excluding carboxylic acids is 1. The first-order valence-corrected chi connectivity index (χ1v) is 9.96. The van der Waals surface area contributed by atoms with Gasteiger partial charge in [0.05, 0.1) is 11.0 Å². The quantitative estimate of drug-likeness (QED) is 0.490. The minimum absolute atomic E-state index is 0.0871. The summed E-state index contributed by atoms with van der Waals surface area (Å²) in [7, 11) is 0. The van der Waals surface area contributed by atoms with Gasteiger partial charge in [-0.3, -0.25) is 9.97 Å². The standard InChI is InChI=1S/C20H21N3O8/c24-14-15(25)17(18(27)28)30-19(16(14)26)31-20(29)23-6-8-3-9(7-23)11-5-13-12(4-10(8)11)21-1-2-22-13/h1-2,4-5,8-9,14-17,19,24-26H,3,6-7H2,(H,27,28)/t8-,9-,14-,15-,16+,17-,19-/m0/s1. The number of aliphatic hydroxyl groups is 3. The highest BCUT2D eigenvalue weighted by Crippen LogP contribution is 2.47. The number of aromatic nitrogens is 2. The Labute approximate surface area is 175 Å². The fraction of sp³-hybridized carbons (Fsp3) is 0.500. The number of rotatable bonds is 2. The molecule has 2 aliphatic heterocycles. The Balaban J connectivity index is 1.32. The number of carbonyl (C=O) groups is 2. The van der Waals surface area contributed by atoms with Crippen molar-refractivity contribution in [2.45, 2.75) is 49.0 Å². The zero-order valence-corrected chi connectivity index (χ0v) is 16.2. The molecule has 0 saturated carbocycles. The molecule has 11 nitrogen and oxygen atoms in total. The van der Waals surface area contributed by atoms with Crippen LogP contribution < -0.4 is 0 Å². The van der Waals surface area contributed by atoms with Crippen LogP contribution in [-0.2, 0) is 14.3 Å². The number of amides is 1. The SMILES string of the molecule is O=C(O)[C@H]1O[C@@H](OC(=O)N2C[C@@H]3C[C@@H](C2)c2cc4nccnc4cc23)[C@H](O)[C@@H](O)[C@@H]1O. The summed E-state index contributed by atoms with van der Waals surface area (Å²) in [5.74, 6) is -1.37. The highest BCUT2D eigenvalue weighted by atomic mass is 16.7. The van der Waals surface area contributed by atoms with Crippen LogP contribution in [0.25, 0.3) is 11.0 Å². The van der Waals surface area contributed by atoms with E-state index in [1.165, 1.54) is 4.90 Å². The van der Waals surface area contributed by atoms with E-state index in [0.29, 0.717) is 13.1 Å². The average Bonchev–Trinajstić information content (AvgIpc) is 3.01. The lowest BCUT2D eigenvalue weighted by Gasteiger charge is -2.39. The molecular weight excluding hydrogens is 410 g/mol. The lowest BCUT2D eigenvalue weighted by Crippen LogP contribution is -2.61. The first-order chi connectivity index (χ1) is 14.8. The van der Waals surface area contributed by atoms with Gasteiger partial charge in [0.1, 0.15) is 18.3 Å². The maximum atomic E-state index is 12.8. The Morgan fingerprint density at radius 2 is 1.55 bits per heavy atom. The minimum atomic E-state index is -1.85. The molecule has 4 N–H and O–H groups in total. The molecule has 1 aromatic carbocycles. The summed E-state index contributed by atoms with van der Waals surface area (Å²) in [6, 6.07) is 4.00. The summed E-state index contributed by atoms with van der Waals surface area (Å²) >= 11 is 0. The number of hydrogen-bond donors (Lipinski definition) is 4. The second-order valence-corrected chi connectivity index (χ2v) is 8.18. The molecule has 1 amide bonds. The Morgan fingerprint density at radius 3 is 2.10 bits per heavy atom. The van der Waals surface area contributed by atoms with Crippen LogP contribution in [0.4, 0.5) is 4.79 Å². The van der Waals surface area contributed by atoms with Crippen LogP contribution in [0.3, 0.4) is 0 Å². The van der Waals surface area contributed by atoms with Gasteiger partial charge in [-0.05, 0) is 29.7 Å². The van der Waals surface area contributed by atoms with E-state index >= 15 is 0 Å². The molecule has 7 atom stereocenters. The average molecular weight is 431 g/mol. The van der Waals surface area contributed by atoms with E-state index in [0.717, 1.165) is 28.6 Å². The molecule has 2 bridgehead atoms. The van der Waals surface area contributed by atoms with E-state index in [1.54, 1.807) is 12.4 Å². The van der Waals surface area contributed by atoms with Gasteiger partial charge in [-0.25, -0.2) is 9.59 Å². The Morgan fingerprint density at radius 1 is 0.968 bits per heavy atom. The van der Waals surface area contributed by atoms with E-state index in [2.05, 4.69) is 9.97 Å². The topological polar surface area (TPSA) is 163 Å². The number of ether oxygens (including phenoxy) is 2. The number of piperidine rings is 1. The molecule has 3 heterocycles. The number of benzene rings is 1. The van der Waals surface area contributed by atoms with E-state index in [4.69, 9.17) is 14.6 Å². The van der Waals surface area contributed by atoms with Crippen molar-refractivity contribution in [3.05, 3.63) is 35.7 Å². The molecule has 0 radical (unpaired) electrons. The van der Waals surface area contributed by atoms with Crippen LogP contribution in [0.15, 0.2) is 24.5 Å². The molecular formula is C20H21N3O8. The number of carboxylic acids is 1. The third kappa shape index (κ3) is 3.30. The minimum Gasteiger partial charge on any atom is -0.479 e. The predicted octanol–water partition coefficient (Wildman–Crippen LogP) is -0.455. The van der Waals surface area contributed by atoms with Crippen LogP contribution in [-0.4, -0.2) is 91.2 Å². The highest BCUT2D eigenvalue weighted by molar-refractivity contribution is 5.78. The third-order valence-corrected chi connectivity index (χ3v) is 6.29. The number of fused-ring (bicyclic) bond motifs is 6. The Hall–Kier alpha value is -2.86. The molecule has 5 rings (SSSR count). The van der Waals surface area contributed by atoms with Gasteiger partial charge < -0.3 is 34.8 Å². The zero-order valence-electron chi connectivity index (χ0n) is 16.2. The summed E-state index contributed by atoms with van der Waals surface area (Å²) in [5.41, 5.74) is 3.81. The molecule has 0 spiro atoms. The van der Waals surface area contributed by atoms with Gasteiger partial charge in [0, 0.05) is 37.3 Å². The number of likely N-dealkylation sites (tertiary alicyclic amines) is 1. The van der Waals surface area contributed by atoms with Crippen molar-refractivity contribution in [3.8, 4) is 0 Å². The van der Waals surface area contributed by atoms with Gasteiger partial charge in [-0.1, -0.05) is 0 Å². The largest absolute Gasteiger partial charge is 0.479 e. The Bertz CT molecular complexity index is 998. The fourth-order valence-electron chi connectivity index (χ4n) is 4.77. The molecule has 31 heavy (non-hydrogen) atoms. The van der Waals surface area contributed by atoms with E-state index in [-0.39, 0.29) is 11.8 Å². The summed E-state index contributed by atoms with van der Waals surface area (Å²) in [6.07, 6.45) is -5.66. The smallest absolute Gasteiger partial charge is 0.412 e. The summed E-state index contributed by atoms with van der Waals surface area (Å²) in [5, 5.41) is 38.9. The van der Waals surface area contributed by atoms with Crippen LogP contribution >= 0.6 is 0 Å². The monoisotopic (exact) mass is 431 g/mol. The normalized spacial score (nSPS) is 34.4. The van der Waals surface area contributed by atoms with Gasteiger partial charge in [0.25, 0.3) is 0 Å². The van der Waals surface area contributed by atoms with Crippen molar-refractivity contribution in [1.29, 1.82) is 0 Å². The molecule has 2 aromatic rings. The lowest BCUT2D eigenvalue weighted by atomic mass is 9.96. The third-order valence-electron chi connectivity index (χ3n) is 6.29. The van der Waals surface area contributed by atoms with Gasteiger partial charge in [0.2, 0.25) is 6.29 Å². The number of aliphatic carboxylic acids is 1. The van der Waals surface area contributed by atoms with Crippen molar-refractivity contribution < 1.29 is 39.5 Å². The van der Waals surface area contributed by atoms with E-state index < -0.39 is 42.8 Å². The van der Waals surface area contributed by atoms with Gasteiger partial charge >= 0.3 is 12.1 Å². The van der Waals surface area contributed by atoms with Crippen LogP contribution in [0.1, 0.15) is 29.4 Å². The first-order valence-electron chi connectivity index (χ1n) is 9.96. The van der Waals surface area contributed by atoms with Crippen molar-refractivity contribution >= 4 is 23.1 Å². The maximum Gasteiger partial charge on any atom is 0.412 e. The fourth-order valence-corrected chi connectivity index (χ4v) is 4.77. The van der Waals surface area contributed by atoms with E-state index in [1.807, 2.05) is 12.1 Å². The van der Waals surface area contributed by atoms with Crippen LogP contribution in [0, 0.1) is 0 Å². The number of carboxylic acid groups (broad SMARTS) is 1. The predicted molar refractivity (Wildman–Crippen MR) is 102 cm³/mol. The Kier molecular flexibility index (Phi) is 4.77. The molecule has 11 heteroatoms. The van der Waals surface area contributed by atoms with Crippen molar-refractivity contribution in [3.63, 3.8) is 0 Å². The van der Waals surface area contributed by atoms with Gasteiger partial charge in [0.15, 0.2) is 6.10 Å². The van der Waals surface area contributed by atoms with Crippen molar-refractivity contribution in [2.75, 3.05) is 13.1 Å². The first kappa shape index (κ1) is 20.1. The number of aliphatic hydroxyl groups excluding tert-OH is 3. The van der Waals surface area contributed by atoms with E-state index in [9.17, 15) is 24.9 Å². The zero-order chi connectivity index (χ0) is 21.9. The van der Waals surface area contributed by atoms with Crippen molar-refractivity contribution in [2.24, 2.45) is 0 Å². The second-order valence-electron chi connectivity index (χ2n) is 8.18. The molecule has 164 valence electrons. The van der Waals surface area contributed by atoms with Crippen LogP contribution in [0.2, 0.25) is 0 Å². The molecule has 2 saturated heterocycles. The summed E-state index contributed by atoms with van der Waals surface area (Å²) in [6.45, 7) is 0.759. The maximum absolute atomic E-state index is 12.8. The highest BCUT2D eigenvalue weighted by Gasteiger charge is 2.49. The van der Waals surface area contributed by atoms with Crippen molar-refractivity contribution in [1.82, 2.24) is 14.9 Å². The summed E-state index contributed by atoms with van der Waals surface area (Å²) < 4.78 is 10.2. The second kappa shape index (κ2) is 7.38. The van der Waals surface area contributed by atoms with Gasteiger partial charge in [-0.15, -0.1) is 0 Å².